The number of likely N-dealkylation sites (tertiary alicyclic amines) is 1. The number of nitrogens with zero attached hydrogens (tertiary/aromatic N) is 2. The maximum absolute atomic E-state index is 11.4. The first-order chi connectivity index (χ1) is 7.22. The first kappa shape index (κ1) is 12.0. The van der Waals surface area contributed by atoms with Crippen LogP contribution < -0.4 is 0 Å². The molecule has 1 fully saturated rings. The summed E-state index contributed by atoms with van der Waals surface area (Å²) in [6.45, 7) is 3.58. The summed E-state index contributed by atoms with van der Waals surface area (Å²) in [4.78, 5) is 13.5. The molecule has 0 aromatic rings. The van der Waals surface area contributed by atoms with Gasteiger partial charge in [0.25, 0.3) is 0 Å². The van der Waals surface area contributed by atoms with Crippen molar-refractivity contribution in [2.24, 2.45) is 5.92 Å². The SMILES string of the molecule is CCC(C#N)N1CCC[C@H](C(=O)OC)C1. The van der Waals surface area contributed by atoms with E-state index in [2.05, 4.69) is 11.0 Å². The van der Waals surface area contributed by atoms with E-state index in [1.165, 1.54) is 7.11 Å². The maximum atomic E-state index is 11.4. The highest BCUT2D eigenvalue weighted by Gasteiger charge is 2.29. The summed E-state index contributed by atoms with van der Waals surface area (Å²) in [6, 6.07) is 2.21. The van der Waals surface area contributed by atoms with Crippen LogP contribution in [0, 0.1) is 17.2 Å². The third kappa shape index (κ3) is 2.93. The summed E-state index contributed by atoms with van der Waals surface area (Å²) in [5, 5.41) is 8.95. The summed E-state index contributed by atoms with van der Waals surface area (Å²) in [5.41, 5.74) is 0. The second-order valence-electron chi connectivity index (χ2n) is 3.91. The van der Waals surface area contributed by atoms with Gasteiger partial charge in [0.2, 0.25) is 0 Å². The molecule has 1 aliphatic heterocycles. The van der Waals surface area contributed by atoms with Crippen molar-refractivity contribution >= 4 is 5.97 Å². The summed E-state index contributed by atoms with van der Waals surface area (Å²) in [6.07, 6.45) is 2.66. The lowest BCUT2D eigenvalue weighted by Gasteiger charge is -2.33. The average Bonchev–Trinajstić information content (AvgIpc) is 2.30. The number of ether oxygens (including phenoxy) is 1. The number of hydrogen-bond acceptors (Lipinski definition) is 4. The minimum atomic E-state index is -0.146. The number of carbonyl (C=O) groups excluding carboxylic acids is 1. The van der Waals surface area contributed by atoms with Gasteiger partial charge in [0.15, 0.2) is 0 Å². The lowest BCUT2D eigenvalue weighted by molar-refractivity contribution is -0.147. The first-order valence-corrected chi connectivity index (χ1v) is 5.44. The van der Waals surface area contributed by atoms with E-state index in [-0.39, 0.29) is 17.9 Å². The Morgan fingerprint density at radius 1 is 1.73 bits per heavy atom. The van der Waals surface area contributed by atoms with Gasteiger partial charge in [0.1, 0.15) is 0 Å². The molecule has 0 aliphatic carbocycles. The van der Waals surface area contributed by atoms with E-state index in [4.69, 9.17) is 10.00 Å². The zero-order valence-electron chi connectivity index (χ0n) is 9.40. The number of esters is 1. The number of methoxy groups -OCH3 is 1. The predicted octanol–water partition coefficient (Wildman–Crippen LogP) is 1.17. The average molecular weight is 210 g/mol. The number of rotatable bonds is 3. The Hall–Kier alpha value is -1.08. The standard InChI is InChI=1S/C11H18N2O2/c1-3-10(7-12)13-6-4-5-9(8-13)11(14)15-2/h9-10H,3-6,8H2,1-2H3/t9-,10?/m0/s1. The molecule has 0 radical (unpaired) electrons. The van der Waals surface area contributed by atoms with Gasteiger partial charge in [-0.2, -0.15) is 5.26 Å². The monoisotopic (exact) mass is 210 g/mol. The van der Waals surface area contributed by atoms with Crippen molar-refractivity contribution in [1.82, 2.24) is 4.90 Å². The van der Waals surface area contributed by atoms with Crippen LogP contribution >= 0.6 is 0 Å². The van der Waals surface area contributed by atoms with Crippen molar-refractivity contribution in [2.75, 3.05) is 20.2 Å². The van der Waals surface area contributed by atoms with Crippen LogP contribution in [0.5, 0.6) is 0 Å². The van der Waals surface area contributed by atoms with Crippen LogP contribution in [0.1, 0.15) is 26.2 Å². The minimum absolute atomic E-state index is 0.0499. The minimum Gasteiger partial charge on any atom is -0.469 e. The molecule has 1 aliphatic rings. The zero-order valence-corrected chi connectivity index (χ0v) is 9.40. The van der Waals surface area contributed by atoms with Gasteiger partial charge in [-0.3, -0.25) is 9.69 Å². The van der Waals surface area contributed by atoms with E-state index >= 15 is 0 Å². The van der Waals surface area contributed by atoms with Crippen molar-refractivity contribution in [2.45, 2.75) is 32.2 Å². The van der Waals surface area contributed by atoms with Gasteiger partial charge in [0.05, 0.1) is 25.1 Å². The van der Waals surface area contributed by atoms with E-state index in [0.29, 0.717) is 6.54 Å². The maximum Gasteiger partial charge on any atom is 0.309 e. The third-order valence-corrected chi connectivity index (χ3v) is 2.96. The molecule has 1 rings (SSSR count). The van der Waals surface area contributed by atoms with Crippen LogP contribution in [0.25, 0.3) is 0 Å². The Labute approximate surface area is 90.8 Å². The van der Waals surface area contributed by atoms with Crippen LogP contribution in [0.2, 0.25) is 0 Å². The van der Waals surface area contributed by atoms with E-state index in [1.54, 1.807) is 0 Å². The lowest BCUT2D eigenvalue weighted by atomic mass is 9.96. The molecule has 0 aromatic heterocycles. The van der Waals surface area contributed by atoms with Gasteiger partial charge in [-0.25, -0.2) is 0 Å². The summed E-state index contributed by atoms with van der Waals surface area (Å²) < 4.78 is 4.74. The van der Waals surface area contributed by atoms with Gasteiger partial charge >= 0.3 is 5.97 Å². The molecular weight excluding hydrogens is 192 g/mol. The van der Waals surface area contributed by atoms with Crippen LogP contribution in [0.4, 0.5) is 0 Å². The Balaban J connectivity index is 2.56. The molecule has 1 heterocycles. The fraction of sp³-hybridized carbons (Fsp3) is 0.818. The van der Waals surface area contributed by atoms with E-state index < -0.39 is 0 Å². The van der Waals surface area contributed by atoms with E-state index in [9.17, 15) is 4.79 Å². The molecule has 0 bridgehead atoms. The Morgan fingerprint density at radius 2 is 2.47 bits per heavy atom. The molecule has 2 atom stereocenters. The second kappa shape index (κ2) is 5.72. The van der Waals surface area contributed by atoms with Gasteiger partial charge in [-0.1, -0.05) is 6.92 Å². The van der Waals surface area contributed by atoms with E-state index in [0.717, 1.165) is 25.8 Å². The van der Waals surface area contributed by atoms with Crippen molar-refractivity contribution < 1.29 is 9.53 Å². The van der Waals surface area contributed by atoms with Gasteiger partial charge in [-0.15, -0.1) is 0 Å². The number of nitriles is 1. The number of piperidine rings is 1. The zero-order chi connectivity index (χ0) is 11.3. The van der Waals surface area contributed by atoms with Crippen LogP contribution in [0.3, 0.4) is 0 Å². The summed E-state index contributed by atoms with van der Waals surface area (Å²) >= 11 is 0. The molecule has 1 unspecified atom stereocenters. The fourth-order valence-corrected chi connectivity index (χ4v) is 2.08. The molecule has 1 saturated heterocycles. The third-order valence-electron chi connectivity index (χ3n) is 2.96. The predicted molar refractivity (Wildman–Crippen MR) is 56.0 cm³/mol. The second-order valence-corrected chi connectivity index (χ2v) is 3.91. The Bertz CT molecular complexity index is 260. The smallest absolute Gasteiger partial charge is 0.309 e. The number of hydrogen-bond donors (Lipinski definition) is 0. The molecule has 0 N–H and O–H groups in total. The molecule has 0 aromatic carbocycles. The highest BCUT2D eigenvalue weighted by molar-refractivity contribution is 5.72. The highest BCUT2D eigenvalue weighted by atomic mass is 16.5. The van der Waals surface area contributed by atoms with Gasteiger partial charge in [0, 0.05) is 6.54 Å². The number of carbonyl (C=O) groups is 1. The molecule has 0 saturated carbocycles. The molecule has 0 amide bonds. The molecule has 0 spiro atoms. The van der Waals surface area contributed by atoms with Crippen molar-refractivity contribution in [3.8, 4) is 6.07 Å². The summed E-state index contributed by atoms with van der Waals surface area (Å²) in [5.74, 6) is -0.196. The first-order valence-electron chi connectivity index (χ1n) is 5.44. The van der Waals surface area contributed by atoms with Gasteiger partial charge < -0.3 is 4.74 Å². The van der Waals surface area contributed by atoms with Crippen LogP contribution in [-0.4, -0.2) is 37.1 Å². The quantitative estimate of drug-likeness (QED) is 0.656. The molecular formula is C11H18N2O2. The Morgan fingerprint density at radius 3 is 3.00 bits per heavy atom. The molecule has 84 valence electrons. The van der Waals surface area contributed by atoms with Crippen LogP contribution in [0.15, 0.2) is 0 Å². The largest absolute Gasteiger partial charge is 0.469 e. The molecule has 4 nitrogen and oxygen atoms in total. The molecule has 15 heavy (non-hydrogen) atoms. The normalized spacial score (nSPS) is 24.2. The van der Waals surface area contributed by atoms with E-state index in [1.807, 2.05) is 6.92 Å². The summed E-state index contributed by atoms with van der Waals surface area (Å²) in [7, 11) is 1.42. The van der Waals surface area contributed by atoms with Crippen molar-refractivity contribution in [1.29, 1.82) is 5.26 Å². The van der Waals surface area contributed by atoms with Crippen molar-refractivity contribution in [3.63, 3.8) is 0 Å². The fourth-order valence-electron chi connectivity index (χ4n) is 2.08. The molecule has 4 heteroatoms. The Kier molecular flexibility index (Phi) is 4.57. The van der Waals surface area contributed by atoms with Crippen molar-refractivity contribution in [3.05, 3.63) is 0 Å². The highest BCUT2D eigenvalue weighted by Crippen LogP contribution is 2.20. The lowest BCUT2D eigenvalue weighted by Crippen LogP contribution is -2.44. The van der Waals surface area contributed by atoms with Crippen LogP contribution in [-0.2, 0) is 9.53 Å². The topological polar surface area (TPSA) is 53.3 Å². The van der Waals surface area contributed by atoms with Gasteiger partial charge in [-0.05, 0) is 25.8 Å².